The van der Waals surface area contributed by atoms with E-state index in [2.05, 4.69) is 20.2 Å². The van der Waals surface area contributed by atoms with Crippen molar-refractivity contribution in [3.63, 3.8) is 0 Å². The fourth-order valence-corrected chi connectivity index (χ4v) is 2.01. The lowest BCUT2D eigenvalue weighted by Crippen LogP contribution is -2.42. The van der Waals surface area contributed by atoms with Gasteiger partial charge in [-0.05, 0) is 6.92 Å². The number of ether oxygens (including phenoxy) is 1. The lowest BCUT2D eigenvalue weighted by atomic mass is 10.3. The molecular formula is C12H18N4O3. The Bertz CT molecular complexity index is 435. The Balaban J connectivity index is 1.88. The second-order valence-electron chi connectivity index (χ2n) is 4.55. The first-order valence-electron chi connectivity index (χ1n) is 6.27. The van der Waals surface area contributed by atoms with Gasteiger partial charge in [-0.15, -0.1) is 0 Å². The van der Waals surface area contributed by atoms with E-state index < -0.39 is 5.97 Å². The number of rotatable bonds is 5. The van der Waals surface area contributed by atoms with Gasteiger partial charge in [-0.1, -0.05) is 0 Å². The normalized spacial score (nSPS) is 17.9. The Kier molecular flexibility index (Phi) is 4.64. The molecule has 0 spiro atoms. The third kappa shape index (κ3) is 4.15. The molecule has 0 radical (unpaired) electrons. The Hall–Kier alpha value is -1.73. The number of carboxylic acids is 1. The molecule has 2 heterocycles. The number of aromatic carboxylic acids is 1. The largest absolute Gasteiger partial charge is 0.476 e. The van der Waals surface area contributed by atoms with Gasteiger partial charge in [0.1, 0.15) is 5.82 Å². The summed E-state index contributed by atoms with van der Waals surface area (Å²) in [4.78, 5) is 21.0. The van der Waals surface area contributed by atoms with E-state index in [1.165, 1.54) is 12.4 Å². The molecule has 0 aliphatic carbocycles. The lowest BCUT2D eigenvalue weighted by molar-refractivity contribution is 0.0368. The number of nitrogens with zero attached hydrogens (tertiary/aromatic N) is 3. The molecular weight excluding hydrogens is 248 g/mol. The van der Waals surface area contributed by atoms with E-state index in [0.717, 1.165) is 32.8 Å². The van der Waals surface area contributed by atoms with Crippen LogP contribution in [0.2, 0.25) is 0 Å². The second kappa shape index (κ2) is 6.44. The standard InChI is InChI=1S/C12H18N4O3/c1-9(8-16-2-4-19-5-3-16)14-11-7-13-6-10(15-11)12(17)18/h6-7,9H,2-5,8H2,1H3,(H,14,15)(H,17,18). The van der Waals surface area contributed by atoms with Gasteiger partial charge in [0, 0.05) is 25.7 Å². The van der Waals surface area contributed by atoms with Gasteiger partial charge < -0.3 is 15.2 Å². The first kappa shape index (κ1) is 13.7. The predicted octanol–water partition coefficient (Wildman–Crippen LogP) is 0.307. The summed E-state index contributed by atoms with van der Waals surface area (Å²) in [5.41, 5.74) is -0.0522. The monoisotopic (exact) mass is 266 g/mol. The van der Waals surface area contributed by atoms with E-state index in [9.17, 15) is 4.79 Å². The van der Waals surface area contributed by atoms with Crippen LogP contribution >= 0.6 is 0 Å². The molecule has 0 bridgehead atoms. The van der Waals surface area contributed by atoms with Crippen LogP contribution in [0.25, 0.3) is 0 Å². The number of nitrogens with one attached hydrogen (secondary N) is 1. The molecule has 1 aromatic heterocycles. The van der Waals surface area contributed by atoms with Crippen LogP contribution < -0.4 is 5.32 Å². The average Bonchev–Trinajstić information content (AvgIpc) is 2.40. The summed E-state index contributed by atoms with van der Waals surface area (Å²) in [6, 6.07) is 0.163. The van der Waals surface area contributed by atoms with Crippen LogP contribution in [0.5, 0.6) is 0 Å². The fourth-order valence-electron chi connectivity index (χ4n) is 2.01. The second-order valence-corrected chi connectivity index (χ2v) is 4.55. The highest BCUT2D eigenvalue weighted by Crippen LogP contribution is 2.06. The summed E-state index contributed by atoms with van der Waals surface area (Å²) in [6.07, 6.45) is 2.77. The van der Waals surface area contributed by atoms with Gasteiger partial charge in [0.25, 0.3) is 0 Å². The highest BCUT2D eigenvalue weighted by atomic mass is 16.5. The molecule has 1 aromatic rings. The Morgan fingerprint density at radius 3 is 2.95 bits per heavy atom. The van der Waals surface area contributed by atoms with E-state index in [0.29, 0.717) is 5.82 Å². The highest BCUT2D eigenvalue weighted by Gasteiger charge is 2.14. The molecule has 2 rings (SSSR count). The van der Waals surface area contributed by atoms with Crippen LogP contribution in [-0.4, -0.2) is 64.8 Å². The molecule has 7 nitrogen and oxygen atoms in total. The predicted molar refractivity (Wildman–Crippen MR) is 69.3 cm³/mol. The quantitative estimate of drug-likeness (QED) is 0.792. The molecule has 0 aromatic carbocycles. The molecule has 1 saturated heterocycles. The van der Waals surface area contributed by atoms with Crippen molar-refractivity contribution in [3.05, 3.63) is 18.1 Å². The van der Waals surface area contributed by atoms with Crippen molar-refractivity contribution in [2.24, 2.45) is 0 Å². The summed E-state index contributed by atoms with van der Waals surface area (Å²) in [7, 11) is 0. The first-order valence-corrected chi connectivity index (χ1v) is 6.27. The summed E-state index contributed by atoms with van der Waals surface area (Å²) < 4.78 is 5.29. The highest BCUT2D eigenvalue weighted by molar-refractivity contribution is 5.85. The van der Waals surface area contributed by atoms with E-state index in [-0.39, 0.29) is 11.7 Å². The van der Waals surface area contributed by atoms with Crippen molar-refractivity contribution in [3.8, 4) is 0 Å². The lowest BCUT2D eigenvalue weighted by Gasteiger charge is -2.29. The molecule has 1 atom stereocenters. The van der Waals surface area contributed by atoms with Gasteiger partial charge in [0.2, 0.25) is 0 Å². The van der Waals surface area contributed by atoms with Gasteiger partial charge in [0.15, 0.2) is 5.69 Å². The summed E-state index contributed by atoms with van der Waals surface area (Å²) >= 11 is 0. The zero-order chi connectivity index (χ0) is 13.7. The van der Waals surface area contributed by atoms with E-state index in [1.807, 2.05) is 6.92 Å². The van der Waals surface area contributed by atoms with Crippen LogP contribution in [0.4, 0.5) is 5.82 Å². The van der Waals surface area contributed by atoms with Crippen molar-refractivity contribution in [1.82, 2.24) is 14.9 Å². The zero-order valence-electron chi connectivity index (χ0n) is 10.9. The Morgan fingerprint density at radius 1 is 1.53 bits per heavy atom. The van der Waals surface area contributed by atoms with E-state index in [1.54, 1.807) is 0 Å². The van der Waals surface area contributed by atoms with Crippen molar-refractivity contribution in [1.29, 1.82) is 0 Å². The fraction of sp³-hybridized carbons (Fsp3) is 0.583. The van der Waals surface area contributed by atoms with Crippen molar-refractivity contribution < 1.29 is 14.6 Å². The molecule has 2 N–H and O–H groups in total. The minimum Gasteiger partial charge on any atom is -0.476 e. The molecule has 0 saturated carbocycles. The van der Waals surface area contributed by atoms with Crippen molar-refractivity contribution in [2.45, 2.75) is 13.0 Å². The van der Waals surface area contributed by atoms with Crippen LogP contribution in [0.3, 0.4) is 0 Å². The molecule has 104 valence electrons. The van der Waals surface area contributed by atoms with Crippen LogP contribution in [-0.2, 0) is 4.74 Å². The Labute approximate surface area is 111 Å². The van der Waals surface area contributed by atoms with Gasteiger partial charge in [0.05, 0.1) is 25.6 Å². The maximum Gasteiger partial charge on any atom is 0.356 e. The number of aromatic nitrogens is 2. The minimum atomic E-state index is -1.07. The SMILES string of the molecule is CC(CN1CCOCC1)Nc1cncc(C(=O)O)n1. The molecule has 0 amide bonds. The topological polar surface area (TPSA) is 87.6 Å². The number of anilines is 1. The van der Waals surface area contributed by atoms with Crippen LogP contribution in [0.1, 0.15) is 17.4 Å². The maximum absolute atomic E-state index is 10.8. The number of hydrogen-bond donors (Lipinski definition) is 2. The molecule has 7 heteroatoms. The third-order valence-corrected chi connectivity index (χ3v) is 2.88. The maximum atomic E-state index is 10.8. The number of carbonyl (C=O) groups is 1. The smallest absolute Gasteiger partial charge is 0.356 e. The zero-order valence-corrected chi connectivity index (χ0v) is 10.9. The molecule has 1 fully saturated rings. The van der Waals surface area contributed by atoms with E-state index in [4.69, 9.17) is 9.84 Å². The molecule has 19 heavy (non-hydrogen) atoms. The third-order valence-electron chi connectivity index (χ3n) is 2.88. The number of morpholine rings is 1. The molecule has 1 aliphatic heterocycles. The van der Waals surface area contributed by atoms with Crippen LogP contribution in [0.15, 0.2) is 12.4 Å². The molecule has 1 unspecified atom stereocenters. The van der Waals surface area contributed by atoms with Gasteiger partial charge in [-0.25, -0.2) is 9.78 Å². The number of carboxylic acid groups (broad SMARTS) is 1. The van der Waals surface area contributed by atoms with Gasteiger partial charge in [-0.3, -0.25) is 9.88 Å². The van der Waals surface area contributed by atoms with Crippen LogP contribution in [0, 0.1) is 0 Å². The van der Waals surface area contributed by atoms with Gasteiger partial charge >= 0.3 is 5.97 Å². The Morgan fingerprint density at radius 2 is 2.26 bits per heavy atom. The van der Waals surface area contributed by atoms with Crippen molar-refractivity contribution >= 4 is 11.8 Å². The first-order chi connectivity index (χ1) is 9.15. The van der Waals surface area contributed by atoms with Crippen molar-refractivity contribution in [2.75, 3.05) is 38.2 Å². The summed E-state index contributed by atoms with van der Waals surface area (Å²) in [5, 5.41) is 12.0. The van der Waals surface area contributed by atoms with Gasteiger partial charge in [-0.2, -0.15) is 0 Å². The minimum absolute atomic E-state index is 0.0522. The van der Waals surface area contributed by atoms with E-state index >= 15 is 0 Å². The number of hydrogen-bond acceptors (Lipinski definition) is 6. The summed E-state index contributed by atoms with van der Waals surface area (Å²) in [6.45, 7) is 6.27. The average molecular weight is 266 g/mol. The molecule has 1 aliphatic rings. The summed E-state index contributed by atoms with van der Waals surface area (Å²) in [5.74, 6) is -0.586.